The molecule has 25 heavy (non-hydrogen) atoms. The number of hydrogen-bond acceptors (Lipinski definition) is 5. The van der Waals surface area contributed by atoms with Gasteiger partial charge < -0.3 is 14.9 Å². The number of nitrogens with zero attached hydrogens (tertiary/aromatic N) is 2. The van der Waals surface area contributed by atoms with Crippen molar-refractivity contribution in [1.82, 2.24) is 4.98 Å². The van der Waals surface area contributed by atoms with E-state index < -0.39 is 5.60 Å². The molecule has 0 amide bonds. The number of benzene rings is 1. The Hall–Kier alpha value is -3.02. The number of ether oxygens (including phenoxy) is 1. The number of aromatic nitrogens is 1. The molecule has 1 saturated carbocycles. The monoisotopic (exact) mass is 334 g/mol. The first-order chi connectivity index (χ1) is 12.1. The Morgan fingerprint density at radius 2 is 1.84 bits per heavy atom. The second kappa shape index (κ2) is 7.25. The van der Waals surface area contributed by atoms with Crippen LogP contribution in [0.25, 0.3) is 0 Å². The van der Waals surface area contributed by atoms with Gasteiger partial charge in [0.15, 0.2) is 5.60 Å². The standard InChI is InChI=1S/C20H18N2O3/c21-12-15-1-3-19(4-2-15)25-20(9-6-17(23)7-10-20)8-5-16-11-18(24)14-22-13-16/h1-4,11,13-14,17,23-24H,6-7,9-10H2. The summed E-state index contributed by atoms with van der Waals surface area (Å²) in [6, 6.07) is 10.5. The average molecular weight is 334 g/mol. The maximum Gasteiger partial charge on any atom is 0.169 e. The number of aliphatic hydroxyl groups excluding tert-OH is 1. The molecule has 1 aromatic heterocycles. The van der Waals surface area contributed by atoms with Crippen LogP contribution in [0, 0.1) is 23.2 Å². The number of pyridine rings is 1. The highest BCUT2D eigenvalue weighted by Crippen LogP contribution is 2.33. The molecular formula is C20H18N2O3. The fourth-order valence-corrected chi connectivity index (χ4v) is 2.83. The van der Waals surface area contributed by atoms with Gasteiger partial charge in [0.25, 0.3) is 0 Å². The molecule has 1 aliphatic carbocycles. The van der Waals surface area contributed by atoms with Gasteiger partial charge in [-0.25, -0.2) is 0 Å². The maximum atomic E-state index is 9.81. The van der Waals surface area contributed by atoms with E-state index in [1.165, 1.54) is 6.20 Å². The summed E-state index contributed by atoms with van der Waals surface area (Å²) in [5, 5.41) is 28.2. The van der Waals surface area contributed by atoms with Gasteiger partial charge in [-0.3, -0.25) is 4.98 Å². The highest BCUT2D eigenvalue weighted by atomic mass is 16.5. The Kier molecular flexibility index (Phi) is 4.88. The van der Waals surface area contributed by atoms with Crippen LogP contribution in [0.3, 0.4) is 0 Å². The van der Waals surface area contributed by atoms with Gasteiger partial charge in [0.05, 0.1) is 23.9 Å². The van der Waals surface area contributed by atoms with E-state index in [1.54, 1.807) is 36.5 Å². The minimum Gasteiger partial charge on any atom is -0.506 e. The maximum absolute atomic E-state index is 9.81. The largest absolute Gasteiger partial charge is 0.506 e. The van der Waals surface area contributed by atoms with Gasteiger partial charge >= 0.3 is 0 Å². The van der Waals surface area contributed by atoms with Crippen LogP contribution in [-0.2, 0) is 0 Å². The van der Waals surface area contributed by atoms with Crippen LogP contribution in [0.5, 0.6) is 11.5 Å². The number of nitriles is 1. The molecule has 1 aromatic carbocycles. The lowest BCUT2D eigenvalue weighted by atomic mass is 9.83. The Morgan fingerprint density at radius 1 is 1.12 bits per heavy atom. The summed E-state index contributed by atoms with van der Waals surface area (Å²) in [5.41, 5.74) is 0.463. The highest BCUT2D eigenvalue weighted by molar-refractivity contribution is 5.40. The first-order valence-corrected chi connectivity index (χ1v) is 8.13. The van der Waals surface area contributed by atoms with Crippen LogP contribution < -0.4 is 4.74 Å². The van der Waals surface area contributed by atoms with Crippen LogP contribution >= 0.6 is 0 Å². The van der Waals surface area contributed by atoms with Crippen molar-refractivity contribution in [2.45, 2.75) is 37.4 Å². The summed E-state index contributed by atoms with van der Waals surface area (Å²) in [5.74, 6) is 6.90. The highest BCUT2D eigenvalue weighted by Gasteiger charge is 2.35. The van der Waals surface area contributed by atoms with Crippen LogP contribution in [0.2, 0.25) is 0 Å². The molecule has 0 bridgehead atoms. The molecule has 0 saturated heterocycles. The molecule has 5 nitrogen and oxygen atoms in total. The Morgan fingerprint density at radius 3 is 2.48 bits per heavy atom. The molecule has 0 unspecified atom stereocenters. The minimum atomic E-state index is -0.709. The molecule has 2 aromatic rings. The predicted molar refractivity (Wildman–Crippen MR) is 91.8 cm³/mol. The van der Waals surface area contributed by atoms with Crippen molar-refractivity contribution in [3.8, 4) is 29.4 Å². The molecule has 126 valence electrons. The summed E-state index contributed by atoms with van der Waals surface area (Å²) < 4.78 is 6.17. The minimum absolute atomic E-state index is 0.0629. The second-order valence-electron chi connectivity index (χ2n) is 6.15. The van der Waals surface area contributed by atoms with Crippen LogP contribution in [-0.4, -0.2) is 26.9 Å². The lowest BCUT2D eigenvalue weighted by Gasteiger charge is -2.35. The van der Waals surface area contributed by atoms with Crippen molar-refractivity contribution in [3.63, 3.8) is 0 Å². The van der Waals surface area contributed by atoms with Crippen molar-refractivity contribution in [1.29, 1.82) is 5.26 Å². The zero-order chi connectivity index (χ0) is 17.7. The third-order valence-corrected chi connectivity index (χ3v) is 4.22. The molecular weight excluding hydrogens is 316 g/mol. The van der Waals surface area contributed by atoms with Crippen molar-refractivity contribution in [2.75, 3.05) is 0 Å². The molecule has 1 fully saturated rings. The fraction of sp³-hybridized carbons (Fsp3) is 0.300. The van der Waals surface area contributed by atoms with Gasteiger partial charge in [0.1, 0.15) is 11.5 Å². The zero-order valence-corrected chi connectivity index (χ0v) is 13.6. The first-order valence-electron chi connectivity index (χ1n) is 8.13. The molecule has 0 spiro atoms. The number of rotatable bonds is 2. The zero-order valence-electron chi connectivity index (χ0n) is 13.6. The SMILES string of the molecule is N#Cc1ccc(OC2(C#Cc3cncc(O)c3)CCC(O)CC2)cc1. The Bertz CT molecular complexity index is 836. The summed E-state index contributed by atoms with van der Waals surface area (Å²) in [7, 11) is 0. The van der Waals surface area contributed by atoms with E-state index in [0.717, 1.165) is 0 Å². The lowest BCUT2D eigenvalue weighted by molar-refractivity contribution is 0.0275. The van der Waals surface area contributed by atoms with Gasteiger partial charge in [-0.15, -0.1) is 0 Å². The topological polar surface area (TPSA) is 86.4 Å². The number of aliphatic hydroxyl groups is 1. The van der Waals surface area contributed by atoms with E-state index in [9.17, 15) is 10.2 Å². The van der Waals surface area contributed by atoms with Crippen molar-refractivity contribution >= 4 is 0 Å². The summed E-state index contributed by atoms with van der Waals surface area (Å²) in [4.78, 5) is 3.92. The van der Waals surface area contributed by atoms with Gasteiger partial charge in [-0.1, -0.05) is 5.92 Å². The first kappa shape index (κ1) is 16.8. The quantitative estimate of drug-likeness (QED) is 0.825. The van der Waals surface area contributed by atoms with E-state index in [4.69, 9.17) is 10.00 Å². The summed E-state index contributed by atoms with van der Waals surface area (Å²) >= 11 is 0. The van der Waals surface area contributed by atoms with E-state index >= 15 is 0 Å². The smallest absolute Gasteiger partial charge is 0.169 e. The van der Waals surface area contributed by atoms with E-state index in [0.29, 0.717) is 42.6 Å². The Balaban J connectivity index is 1.87. The third-order valence-electron chi connectivity index (χ3n) is 4.22. The van der Waals surface area contributed by atoms with Gasteiger partial charge in [0, 0.05) is 24.6 Å². The molecule has 0 atom stereocenters. The lowest BCUT2D eigenvalue weighted by Crippen LogP contribution is -2.40. The normalized spacial score (nSPS) is 22.3. The van der Waals surface area contributed by atoms with Crippen molar-refractivity contribution < 1.29 is 14.9 Å². The van der Waals surface area contributed by atoms with Crippen molar-refractivity contribution in [3.05, 3.63) is 53.9 Å². The molecule has 0 radical (unpaired) electrons. The fourth-order valence-electron chi connectivity index (χ4n) is 2.83. The van der Waals surface area contributed by atoms with E-state index in [2.05, 4.69) is 22.9 Å². The van der Waals surface area contributed by atoms with Gasteiger partial charge in [0.2, 0.25) is 0 Å². The number of hydrogen-bond donors (Lipinski definition) is 2. The summed E-state index contributed by atoms with van der Waals surface area (Å²) in [6.45, 7) is 0. The van der Waals surface area contributed by atoms with Crippen molar-refractivity contribution in [2.24, 2.45) is 0 Å². The van der Waals surface area contributed by atoms with Gasteiger partial charge in [-0.05, 0) is 49.1 Å². The average Bonchev–Trinajstić information content (AvgIpc) is 2.63. The number of aromatic hydroxyl groups is 1. The predicted octanol–water partition coefficient (Wildman–Crippen LogP) is 2.76. The van der Waals surface area contributed by atoms with Crippen LogP contribution in [0.4, 0.5) is 0 Å². The molecule has 3 rings (SSSR count). The van der Waals surface area contributed by atoms with Gasteiger partial charge in [-0.2, -0.15) is 5.26 Å². The van der Waals surface area contributed by atoms with E-state index in [1.807, 2.05) is 0 Å². The van der Waals surface area contributed by atoms with E-state index in [-0.39, 0.29) is 11.9 Å². The summed E-state index contributed by atoms with van der Waals surface area (Å²) in [6.07, 6.45) is 5.04. The molecule has 1 aliphatic rings. The van der Waals surface area contributed by atoms with Crippen LogP contribution in [0.15, 0.2) is 42.7 Å². The Labute approximate surface area is 146 Å². The molecule has 1 heterocycles. The molecule has 5 heteroatoms. The third kappa shape index (κ3) is 4.29. The van der Waals surface area contributed by atoms with Crippen LogP contribution in [0.1, 0.15) is 36.8 Å². The molecule has 2 N–H and O–H groups in total. The second-order valence-corrected chi connectivity index (χ2v) is 6.15. The molecule has 0 aliphatic heterocycles.